The third kappa shape index (κ3) is 3.63. The number of rotatable bonds is 5. The summed E-state index contributed by atoms with van der Waals surface area (Å²) in [5.41, 5.74) is 8.10. The Balaban J connectivity index is 2.03. The number of aryl methyl sites for hydroxylation is 4. The largest absolute Gasteiger partial charge is 0.381 e. The summed E-state index contributed by atoms with van der Waals surface area (Å²) < 4.78 is 0. The Morgan fingerprint density at radius 2 is 1.50 bits per heavy atom. The lowest BCUT2D eigenvalue weighted by molar-refractivity contribution is 0.922. The molecule has 0 heterocycles. The minimum atomic E-state index is 0.889. The first-order chi connectivity index (χ1) is 9.60. The minimum absolute atomic E-state index is 0.889. The van der Waals surface area contributed by atoms with Crippen molar-refractivity contribution in [3.8, 4) is 0 Å². The molecule has 1 nitrogen and oxygen atoms in total. The van der Waals surface area contributed by atoms with Gasteiger partial charge in [-0.05, 0) is 67.1 Å². The van der Waals surface area contributed by atoms with Crippen molar-refractivity contribution in [3.63, 3.8) is 0 Å². The van der Waals surface area contributed by atoms with E-state index in [4.69, 9.17) is 0 Å². The summed E-state index contributed by atoms with van der Waals surface area (Å²) in [4.78, 5) is 0. The van der Waals surface area contributed by atoms with E-state index >= 15 is 0 Å². The van der Waals surface area contributed by atoms with Crippen molar-refractivity contribution in [2.45, 2.75) is 47.1 Å². The highest BCUT2D eigenvalue weighted by Gasteiger charge is 2.02. The van der Waals surface area contributed by atoms with Crippen LogP contribution in [0.3, 0.4) is 0 Å². The van der Waals surface area contributed by atoms with Crippen molar-refractivity contribution in [2.24, 2.45) is 0 Å². The fourth-order valence-electron chi connectivity index (χ4n) is 2.49. The van der Waals surface area contributed by atoms with E-state index in [1.54, 1.807) is 0 Å². The summed E-state index contributed by atoms with van der Waals surface area (Å²) in [7, 11) is 0. The zero-order valence-electron chi connectivity index (χ0n) is 13.1. The van der Waals surface area contributed by atoms with Gasteiger partial charge in [-0.3, -0.25) is 0 Å². The summed E-state index contributed by atoms with van der Waals surface area (Å²) in [6, 6.07) is 13.4. The molecule has 1 N–H and O–H groups in total. The molecule has 0 aliphatic heterocycles. The van der Waals surface area contributed by atoms with Gasteiger partial charge >= 0.3 is 0 Å². The monoisotopic (exact) mass is 267 g/mol. The van der Waals surface area contributed by atoms with Gasteiger partial charge < -0.3 is 5.32 Å². The highest BCUT2D eigenvalue weighted by atomic mass is 14.9. The molecule has 2 aromatic carbocycles. The van der Waals surface area contributed by atoms with E-state index in [0.717, 1.165) is 13.0 Å². The molecule has 106 valence electrons. The van der Waals surface area contributed by atoms with Crippen molar-refractivity contribution < 1.29 is 0 Å². The Labute approximate surface area is 123 Å². The average Bonchev–Trinajstić information content (AvgIpc) is 2.43. The lowest BCUT2D eigenvalue weighted by Gasteiger charge is -2.12. The predicted octanol–water partition coefficient (Wildman–Crippen LogP) is 5.18. The molecule has 0 aliphatic rings. The molecule has 2 rings (SSSR count). The van der Waals surface area contributed by atoms with Crippen LogP contribution < -0.4 is 5.32 Å². The van der Waals surface area contributed by atoms with E-state index in [-0.39, 0.29) is 0 Å². The van der Waals surface area contributed by atoms with Crippen LogP contribution in [-0.2, 0) is 13.0 Å². The van der Waals surface area contributed by atoms with E-state index in [1.165, 1.54) is 39.9 Å². The highest BCUT2D eigenvalue weighted by molar-refractivity contribution is 5.46. The van der Waals surface area contributed by atoms with Crippen LogP contribution in [0.25, 0.3) is 0 Å². The quantitative estimate of drug-likeness (QED) is 0.787. The van der Waals surface area contributed by atoms with Crippen molar-refractivity contribution in [2.75, 3.05) is 5.32 Å². The molecule has 0 bridgehead atoms. The van der Waals surface area contributed by atoms with Crippen molar-refractivity contribution in [1.82, 2.24) is 0 Å². The third-order valence-corrected chi connectivity index (χ3v) is 3.93. The smallest absolute Gasteiger partial charge is 0.0403 e. The predicted molar refractivity (Wildman–Crippen MR) is 88.4 cm³/mol. The Morgan fingerprint density at radius 3 is 2.15 bits per heavy atom. The first-order valence-electron chi connectivity index (χ1n) is 7.49. The van der Waals surface area contributed by atoms with E-state index in [2.05, 4.69) is 69.4 Å². The Bertz CT molecular complexity index is 567. The summed E-state index contributed by atoms with van der Waals surface area (Å²) >= 11 is 0. The maximum absolute atomic E-state index is 3.52. The minimum Gasteiger partial charge on any atom is -0.381 e. The van der Waals surface area contributed by atoms with Crippen LogP contribution in [0.15, 0.2) is 36.4 Å². The molecule has 0 amide bonds. The van der Waals surface area contributed by atoms with Crippen molar-refractivity contribution >= 4 is 5.69 Å². The maximum atomic E-state index is 3.52. The van der Waals surface area contributed by atoms with Crippen LogP contribution in [0.2, 0.25) is 0 Å². The second-order valence-corrected chi connectivity index (χ2v) is 5.66. The summed E-state index contributed by atoms with van der Waals surface area (Å²) in [5.74, 6) is 0. The lowest BCUT2D eigenvalue weighted by Crippen LogP contribution is -2.02. The van der Waals surface area contributed by atoms with Crippen LogP contribution >= 0.6 is 0 Å². The second kappa shape index (κ2) is 6.60. The van der Waals surface area contributed by atoms with Crippen LogP contribution in [0.5, 0.6) is 0 Å². The molecule has 0 unspecified atom stereocenters. The van der Waals surface area contributed by atoms with E-state index < -0.39 is 0 Å². The van der Waals surface area contributed by atoms with Gasteiger partial charge in [-0.15, -0.1) is 0 Å². The zero-order valence-corrected chi connectivity index (χ0v) is 13.1. The van der Waals surface area contributed by atoms with Crippen LogP contribution in [0.4, 0.5) is 5.69 Å². The first-order valence-corrected chi connectivity index (χ1v) is 7.49. The molecule has 0 aliphatic carbocycles. The number of anilines is 1. The molecule has 0 atom stereocenters. The summed E-state index contributed by atoms with van der Waals surface area (Å²) in [6.45, 7) is 9.65. The Morgan fingerprint density at radius 1 is 0.850 bits per heavy atom. The third-order valence-electron chi connectivity index (χ3n) is 3.93. The van der Waals surface area contributed by atoms with Crippen molar-refractivity contribution in [3.05, 3.63) is 64.2 Å². The molecule has 0 spiro atoms. The molecule has 0 radical (unpaired) electrons. The fraction of sp³-hybridized carbons (Fsp3) is 0.368. The Hall–Kier alpha value is -1.76. The van der Waals surface area contributed by atoms with Gasteiger partial charge in [-0.25, -0.2) is 0 Å². The normalized spacial score (nSPS) is 10.6. The van der Waals surface area contributed by atoms with Crippen LogP contribution in [-0.4, -0.2) is 0 Å². The fourth-order valence-corrected chi connectivity index (χ4v) is 2.49. The maximum Gasteiger partial charge on any atom is 0.0403 e. The second-order valence-electron chi connectivity index (χ2n) is 5.66. The van der Waals surface area contributed by atoms with Gasteiger partial charge in [0.05, 0.1) is 0 Å². The van der Waals surface area contributed by atoms with Gasteiger partial charge in [0.2, 0.25) is 0 Å². The number of nitrogens with one attached hydrogen (secondary N) is 1. The topological polar surface area (TPSA) is 12.0 Å². The lowest BCUT2D eigenvalue weighted by atomic mass is 10.0. The molecule has 20 heavy (non-hydrogen) atoms. The average molecular weight is 267 g/mol. The molecular weight excluding hydrogens is 242 g/mol. The standard InChI is InChI=1S/C19H25N/c1-5-6-17-7-9-19(10-8-17)20-13-18-12-15(3)14(2)11-16(18)4/h7-12,20H,5-6,13H2,1-4H3. The van der Waals surface area contributed by atoms with Gasteiger partial charge in [0.1, 0.15) is 0 Å². The van der Waals surface area contributed by atoms with Gasteiger partial charge in [0.25, 0.3) is 0 Å². The summed E-state index contributed by atoms with van der Waals surface area (Å²) in [5, 5.41) is 3.52. The molecule has 2 aromatic rings. The van der Waals surface area contributed by atoms with E-state index in [1.807, 2.05) is 0 Å². The zero-order chi connectivity index (χ0) is 14.5. The van der Waals surface area contributed by atoms with Gasteiger partial charge in [-0.1, -0.05) is 37.6 Å². The number of hydrogen-bond acceptors (Lipinski definition) is 1. The highest BCUT2D eigenvalue weighted by Crippen LogP contribution is 2.17. The van der Waals surface area contributed by atoms with E-state index in [0.29, 0.717) is 0 Å². The number of benzene rings is 2. The molecule has 1 heteroatoms. The summed E-state index contributed by atoms with van der Waals surface area (Å²) in [6.07, 6.45) is 2.37. The molecular formula is C19H25N. The molecule has 0 saturated heterocycles. The first kappa shape index (κ1) is 14.6. The van der Waals surface area contributed by atoms with E-state index in [9.17, 15) is 0 Å². The van der Waals surface area contributed by atoms with Crippen LogP contribution in [0.1, 0.15) is 41.2 Å². The number of hydrogen-bond donors (Lipinski definition) is 1. The van der Waals surface area contributed by atoms with Gasteiger partial charge in [0.15, 0.2) is 0 Å². The van der Waals surface area contributed by atoms with Crippen LogP contribution in [0, 0.1) is 20.8 Å². The SMILES string of the molecule is CCCc1ccc(NCc2cc(C)c(C)cc2C)cc1. The van der Waals surface area contributed by atoms with Gasteiger partial charge in [-0.2, -0.15) is 0 Å². The molecule has 0 saturated carbocycles. The molecule has 0 aromatic heterocycles. The Kier molecular flexibility index (Phi) is 4.84. The molecule has 0 fully saturated rings. The van der Waals surface area contributed by atoms with Gasteiger partial charge in [0, 0.05) is 12.2 Å². The van der Waals surface area contributed by atoms with Crippen molar-refractivity contribution in [1.29, 1.82) is 0 Å².